The van der Waals surface area contributed by atoms with Gasteiger partial charge in [0.15, 0.2) is 0 Å². The van der Waals surface area contributed by atoms with E-state index in [2.05, 4.69) is 12.2 Å². The molecule has 4 N–H and O–H groups in total. The van der Waals surface area contributed by atoms with Gasteiger partial charge in [-0.05, 0) is 56.3 Å². The Morgan fingerprint density at radius 3 is 2.73 bits per heavy atom. The van der Waals surface area contributed by atoms with Crippen molar-refractivity contribution in [3.8, 4) is 0 Å². The van der Waals surface area contributed by atoms with Crippen molar-refractivity contribution in [2.75, 3.05) is 6.54 Å². The van der Waals surface area contributed by atoms with E-state index in [-0.39, 0.29) is 12.2 Å². The van der Waals surface area contributed by atoms with Gasteiger partial charge in [0.05, 0.1) is 0 Å². The zero-order valence-corrected chi connectivity index (χ0v) is 13.3. The van der Waals surface area contributed by atoms with Gasteiger partial charge in [0, 0.05) is 6.54 Å². The van der Waals surface area contributed by atoms with Gasteiger partial charge < -0.3 is 20.9 Å². The first-order valence-electron chi connectivity index (χ1n) is 8.40. The molecule has 2 rings (SSSR count). The SMILES string of the molecule is CC1CCC2CC1CC2OC(=O)NCCCC[C@H](N)C(=O)O. The lowest BCUT2D eigenvalue weighted by molar-refractivity contribution is -0.138. The molecule has 5 atom stereocenters. The Morgan fingerprint density at radius 1 is 1.27 bits per heavy atom. The molecule has 0 saturated heterocycles. The van der Waals surface area contributed by atoms with Crippen molar-refractivity contribution < 1.29 is 19.4 Å². The van der Waals surface area contributed by atoms with Gasteiger partial charge in [-0.3, -0.25) is 4.79 Å². The summed E-state index contributed by atoms with van der Waals surface area (Å²) in [7, 11) is 0. The second-order valence-corrected chi connectivity index (χ2v) is 6.86. The van der Waals surface area contributed by atoms with Crippen molar-refractivity contribution in [1.29, 1.82) is 0 Å². The maximum atomic E-state index is 11.8. The predicted molar refractivity (Wildman–Crippen MR) is 82.3 cm³/mol. The van der Waals surface area contributed by atoms with Crippen molar-refractivity contribution in [2.24, 2.45) is 23.5 Å². The van der Waals surface area contributed by atoms with Crippen LogP contribution in [0.25, 0.3) is 0 Å². The molecule has 0 aromatic carbocycles. The Hall–Kier alpha value is -1.30. The number of nitrogens with two attached hydrogens (primary N) is 1. The zero-order valence-electron chi connectivity index (χ0n) is 13.3. The van der Waals surface area contributed by atoms with E-state index in [9.17, 15) is 9.59 Å². The molecule has 2 aliphatic carbocycles. The number of alkyl carbamates (subject to hydrolysis) is 1. The predicted octanol–water partition coefficient (Wildman–Crippen LogP) is 2.12. The quantitative estimate of drug-likeness (QED) is 0.625. The maximum absolute atomic E-state index is 11.8. The Labute approximate surface area is 131 Å². The molecule has 2 bridgehead atoms. The van der Waals surface area contributed by atoms with Crippen molar-refractivity contribution in [3.05, 3.63) is 0 Å². The molecule has 0 spiro atoms. The topological polar surface area (TPSA) is 102 Å². The fourth-order valence-corrected chi connectivity index (χ4v) is 3.74. The maximum Gasteiger partial charge on any atom is 0.407 e. The lowest BCUT2D eigenvalue weighted by Crippen LogP contribution is -2.32. The van der Waals surface area contributed by atoms with E-state index in [1.807, 2.05) is 0 Å². The molecule has 4 unspecified atom stereocenters. The zero-order chi connectivity index (χ0) is 16.1. The molecule has 2 saturated carbocycles. The number of carbonyl (C=O) groups excluding carboxylic acids is 1. The normalized spacial score (nSPS) is 31.5. The van der Waals surface area contributed by atoms with E-state index >= 15 is 0 Å². The molecule has 6 nitrogen and oxygen atoms in total. The van der Waals surface area contributed by atoms with Crippen LogP contribution in [0.4, 0.5) is 4.79 Å². The van der Waals surface area contributed by atoms with E-state index in [0.717, 1.165) is 12.3 Å². The molecule has 0 aliphatic heterocycles. The molecular formula is C16H28N2O4. The van der Waals surface area contributed by atoms with E-state index in [4.69, 9.17) is 15.6 Å². The van der Waals surface area contributed by atoms with Gasteiger partial charge in [0.1, 0.15) is 12.1 Å². The monoisotopic (exact) mass is 312 g/mol. The van der Waals surface area contributed by atoms with Crippen LogP contribution >= 0.6 is 0 Å². The van der Waals surface area contributed by atoms with Gasteiger partial charge in [-0.25, -0.2) is 4.79 Å². The van der Waals surface area contributed by atoms with Gasteiger partial charge in [0.2, 0.25) is 0 Å². The van der Waals surface area contributed by atoms with E-state index in [1.54, 1.807) is 0 Å². The van der Waals surface area contributed by atoms with Crippen molar-refractivity contribution >= 4 is 12.1 Å². The Morgan fingerprint density at radius 2 is 2.05 bits per heavy atom. The number of hydrogen-bond donors (Lipinski definition) is 3. The molecule has 2 fully saturated rings. The van der Waals surface area contributed by atoms with Crippen LogP contribution in [0.15, 0.2) is 0 Å². The average molecular weight is 312 g/mol. The van der Waals surface area contributed by atoms with Gasteiger partial charge in [-0.1, -0.05) is 13.3 Å². The van der Waals surface area contributed by atoms with Crippen LogP contribution < -0.4 is 11.1 Å². The molecule has 6 heteroatoms. The van der Waals surface area contributed by atoms with Crippen LogP contribution in [-0.2, 0) is 9.53 Å². The number of rotatable bonds is 7. The summed E-state index contributed by atoms with van der Waals surface area (Å²) in [6, 6.07) is -0.813. The first kappa shape index (κ1) is 17.1. The Kier molecular flexibility index (Phi) is 6.06. The summed E-state index contributed by atoms with van der Waals surface area (Å²) in [5.74, 6) is 1.04. The number of carboxylic acids is 1. The highest BCUT2D eigenvalue weighted by Crippen LogP contribution is 2.46. The molecule has 126 valence electrons. The Balaban J connectivity index is 1.58. The Bertz CT molecular complexity index is 402. The number of hydrogen-bond acceptors (Lipinski definition) is 4. The number of aliphatic carboxylic acids is 1. The molecule has 2 aliphatic rings. The van der Waals surface area contributed by atoms with Crippen LogP contribution in [0.1, 0.15) is 51.9 Å². The molecule has 0 radical (unpaired) electrons. The van der Waals surface area contributed by atoms with Crippen LogP contribution in [0.5, 0.6) is 0 Å². The van der Waals surface area contributed by atoms with Crippen molar-refractivity contribution in [3.63, 3.8) is 0 Å². The fraction of sp³-hybridized carbons (Fsp3) is 0.875. The van der Waals surface area contributed by atoms with Gasteiger partial charge in [0.25, 0.3) is 0 Å². The van der Waals surface area contributed by atoms with Crippen LogP contribution in [0.3, 0.4) is 0 Å². The second-order valence-electron chi connectivity index (χ2n) is 6.86. The summed E-state index contributed by atoms with van der Waals surface area (Å²) < 4.78 is 5.57. The molecule has 1 amide bonds. The minimum absolute atomic E-state index is 0.0791. The largest absolute Gasteiger partial charge is 0.480 e. The highest BCUT2D eigenvalue weighted by molar-refractivity contribution is 5.72. The van der Waals surface area contributed by atoms with Gasteiger partial charge in [-0.2, -0.15) is 0 Å². The lowest BCUT2D eigenvalue weighted by atomic mass is 9.81. The first-order valence-corrected chi connectivity index (χ1v) is 8.40. The summed E-state index contributed by atoms with van der Waals surface area (Å²) in [4.78, 5) is 22.4. The summed E-state index contributed by atoms with van der Waals surface area (Å²) in [5.41, 5.74) is 5.42. The average Bonchev–Trinajstić information content (AvgIpc) is 2.80. The number of carbonyl (C=O) groups is 2. The van der Waals surface area contributed by atoms with Crippen molar-refractivity contribution in [1.82, 2.24) is 5.32 Å². The summed E-state index contributed by atoms with van der Waals surface area (Å²) >= 11 is 0. The third-order valence-corrected chi connectivity index (χ3v) is 5.25. The molecule has 0 aromatic rings. The number of amides is 1. The van der Waals surface area contributed by atoms with Crippen molar-refractivity contribution in [2.45, 2.75) is 64.0 Å². The smallest absolute Gasteiger partial charge is 0.407 e. The van der Waals surface area contributed by atoms with Crippen LogP contribution in [0.2, 0.25) is 0 Å². The molecular weight excluding hydrogens is 284 g/mol. The van der Waals surface area contributed by atoms with Crippen LogP contribution in [-0.4, -0.2) is 35.9 Å². The second kappa shape index (κ2) is 7.81. The van der Waals surface area contributed by atoms with E-state index in [0.29, 0.717) is 37.6 Å². The summed E-state index contributed by atoms with van der Waals surface area (Å²) in [5, 5.41) is 11.4. The minimum atomic E-state index is -0.978. The summed E-state index contributed by atoms with van der Waals surface area (Å²) in [6.07, 6.45) is 6.19. The van der Waals surface area contributed by atoms with E-state index in [1.165, 1.54) is 19.3 Å². The third kappa shape index (κ3) is 4.60. The molecule has 0 heterocycles. The van der Waals surface area contributed by atoms with Gasteiger partial charge >= 0.3 is 12.1 Å². The minimum Gasteiger partial charge on any atom is -0.480 e. The fourth-order valence-electron chi connectivity index (χ4n) is 3.74. The number of carboxylic acid groups (broad SMARTS) is 1. The highest BCUT2D eigenvalue weighted by atomic mass is 16.6. The first-order chi connectivity index (χ1) is 10.5. The third-order valence-electron chi connectivity index (χ3n) is 5.25. The standard InChI is InChI=1S/C16H28N2O4/c1-10-5-6-11-8-12(10)9-14(11)22-16(21)18-7-3-2-4-13(17)15(19)20/h10-14H,2-9,17H2,1H3,(H,18,21)(H,19,20)/t10?,11?,12?,13-,14?/m0/s1. The number of ether oxygens (including phenoxy) is 1. The molecule has 0 aromatic heterocycles. The number of nitrogens with one attached hydrogen (secondary N) is 1. The molecule has 22 heavy (non-hydrogen) atoms. The highest BCUT2D eigenvalue weighted by Gasteiger charge is 2.42. The van der Waals surface area contributed by atoms with E-state index < -0.39 is 12.0 Å². The number of unbranched alkanes of at least 4 members (excludes halogenated alkanes) is 1. The summed E-state index contributed by atoms with van der Waals surface area (Å²) in [6.45, 7) is 2.80. The van der Waals surface area contributed by atoms with Gasteiger partial charge in [-0.15, -0.1) is 0 Å². The van der Waals surface area contributed by atoms with Crippen LogP contribution in [0, 0.1) is 17.8 Å². The number of fused-ring (bicyclic) bond motifs is 2. The lowest BCUT2D eigenvalue weighted by Gasteiger charge is -2.25.